The maximum absolute atomic E-state index is 3.80. The van der Waals surface area contributed by atoms with E-state index >= 15 is 0 Å². The molecule has 0 amide bonds. The van der Waals surface area contributed by atoms with Crippen molar-refractivity contribution in [2.24, 2.45) is 0 Å². The summed E-state index contributed by atoms with van der Waals surface area (Å²) in [7, 11) is 0. The Hall–Kier alpha value is -1.12. The van der Waals surface area contributed by atoms with E-state index in [1.165, 1.54) is 16.7 Å². The minimum absolute atomic E-state index is 0.0632. The van der Waals surface area contributed by atoms with E-state index < -0.39 is 0 Å². The lowest BCUT2D eigenvalue weighted by Crippen LogP contribution is -2.39. The van der Waals surface area contributed by atoms with Gasteiger partial charge in [-0.25, -0.2) is 0 Å². The van der Waals surface area contributed by atoms with Gasteiger partial charge in [-0.3, -0.25) is 0 Å². The number of hydrogen-bond donors (Lipinski definition) is 1. The zero-order valence-electron chi connectivity index (χ0n) is 13.3. The molecule has 2 aromatic carbocycles. The van der Waals surface area contributed by atoms with Crippen molar-refractivity contribution in [2.75, 3.05) is 0 Å². The highest BCUT2D eigenvalue weighted by molar-refractivity contribution is 9.10. The molecule has 2 rings (SSSR count). The van der Waals surface area contributed by atoms with Gasteiger partial charge in [0, 0.05) is 16.1 Å². The number of halogens is 1. The van der Waals surface area contributed by atoms with Crippen LogP contribution in [-0.4, -0.2) is 0 Å². The minimum Gasteiger partial charge on any atom is -0.301 e. The lowest BCUT2D eigenvalue weighted by Gasteiger charge is -2.32. The summed E-state index contributed by atoms with van der Waals surface area (Å²) in [5, 5.41) is 3.80. The Morgan fingerprint density at radius 2 is 1.57 bits per heavy atom. The third kappa shape index (κ3) is 4.18. The number of rotatable bonds is 5. The van der Waals surface area contributed by atoms with E-state index in [9.17, 15) is 0 Å². The van der Waals surface area contributed by atoms with Crippen molar-refractivity contribution in [3.8, 4) is 0 Å². The molecule has 0 aliphatic rings. The molecule has 2 heteroatoms. The highest BCUT2D eigenvalue weighted by atomic mass is 79.9. The van der Waals surface area contributed by atoms with Gasteiger partial charge in [-0.15, -0.1) is 0 Å². The molecule has 0 spiro atoms. The second kappa shape index (κ2) is 6.76. The summed E-state index contributed by atoms with van der Waals surface area (Å²) in [5.74, 6) is 0. The van der Waals surface area contributed by atoms with Crippen LogP contribution < -0.4 is 5.32 Å². The van der Waals surface area contributed by atoms with Crippen LogP contribution in [0, 0.1) is 6.92 Å². The Balaban J connectivity index is 2.20. The Labute approximate surface area is 136 Å². The topological polar surface area (TPSA) is 12.0 Å². The molecule has 0 saturated carbocycles. The summed E-state index contributed by atoms with van der Waals surface area (Å²) >= 11 is 3.50. The van der Waals surface area contributed by atoms with Crippen molar-refractivity contribution in [2.45, 2.75) is 45.7 Å². The van der Waals surface area contributed by atoms with Crippen LogP contribution in [0.4, 0.5) is 0 Å². The van der Waals surface area contributed by atoms with Crippen LogP contribution in [0.2, 0.25) is 0 Å². The SMILES string of the molecule is CCC(NC(C)(C)c1ccc(Br)cc1)c1ccc(C)cc1. The van der Waals surface area contributed by atoms with Gasteiger partial charge in [0.05, 0.1) is 0 Å². The normalized spacial score (nSPS) is 13.2. The maximum atomic E-state index is 3.80. The summed E-state index contributed by atoms with van der Waals surface area (Å²) in [6.07, 6.45) is 1.07. The molecule has 21 heavy (non-hydrogen) atoms. The molecule has 0 radical (unpaired) electrons. The average Bonchev–Trinajstić information content (AvgIpc) is 2.46. The van der Waals surface area contributed by atoms with Crippen molar-refractivity contribution in [1.82, 2.24) is 5.32 Å². The van der Waals surface area contributed by atoms with Crippen LogP contribution in [0.5, 0.6) is 0 Å². The Kier molecular flexibility index (Phi) is 5.23. The predicted octanol–water partition coefficient (Wildman–Crippen LogP) is 5.73. The standard InChI is InChI=1S/C19H24BrN/c1-5-18(15-8-6-14(2)7-9-15)21-19(3,4)16-10-12-17(20)13-11-16/h6-13,18,21H,5H2,1-4H3. The maximum Gasteiger partial charge on any atom is 0.0382 e. The van der Waals surface area contributed by atoms with E-state index in [2.05, 4.69) is 97.5 Å². The smallest absolute Gasteiger partial charge is 0.0382 e. The van der Waals surface area contributed by atoms with Crippen molar-refractivity contribution >= 4 is 15.9 Å². The van der Waals surface area contributed by atoms with Gasteiger partial charge in [0.25, 0.3) is 0 Å². The van der Waals surface area contributed by atoms with E-state index in [1.54, 1.807) is 0 Å². The first kappa shape index (κ1) is 16.3. The fourth-order valence-corrected chi connectivity index (χ4v) is 2.87. The second-order valence-corrected chi connectivity index (χ2v) is 7.06. The Morgan fingerprint density at radius 1 is 1.00 bits per heavy atom. The number of hydrogen-bond acceptors (Lipinski definition) is 1. The van der Waals surface area contributed by atoms with E-state index in [0.29, 0.717) is 6.04 Å². The zero-order chi connectivity index (χ0) is 15.5. The molecule has 2 aromatic rings. The molecule has 0 aromatic heterocycles. The molecule has 1 atom stereocenters. The highest BCUT2D eigenvalue weighted by Crippen LogP contribution is 2.27. The zero-order valence-corrected chi connectivity index (χ0v) is 14.9. The Bertz CT molecular complexity index is 570. The second-order valence-electron chi connectivity index (χ2n) is 6.15. The van der Waals surface area contributed by atoms with Gasteiger partial charge in [-0.1, -0.05) is 64.8 Å². The molecular formula is C19H24BrN. The predicted molar refractivity (Wildman–Crippen MR) is 94.5 cm³/mol. The van der Waals surface area contributed by atoms with Gasteiger partial charge in [0.2, 0.25) is 0 Å². The molecule has 0 fully saturated rings. The van der Waals surface area contributed by atoms with Crippen molar-refractivity contribution in [3.05, 3.63) is 69.7 Å². The molecule has 0 aliphatic heterocycles. The van der Waals surface area contributed by atoms with Crippen molar-refractivity contribution in [1.29, 1.82) is 0 Å². The molecule has 0 aliphatic carbocycles. The number of aryl methyl sites for hydroxylation is 1. The largest absolute Gasteiger partial charge is 0.301 e. The summed E-state index contributed by atoms with van der Waals surface area (Å²) < 4.78 is 1.12. The van der Waals surface area contributed by atoms with Crippen LogP contribution in [0.1, 0.15) is 49.9 Å². The first-order valence-corrected chi connectivity index (χ1v) is 8.32. The third-order valence-electron chi connectivity index (χ3n) is 3.99. The number of nitrogens with one attached hydrogen (secondary N) is 1. The van der Waals surface area contributed by atoms with Gasteiger partial charge < -0.3 is 5.32 Å². The van der Waals surface area contributed by atoms with E-state index in [-0.39, 0.29) is 5.54 Å². The van der Waals surface area contributed by atoms with Crippen LogP contribution in [0.15, 0.2) is 53.0 Å². The summed E-state index contributed by atoms with van der Waals surface area (Å²) in [4.78, 5) is 0. The van der Waals surface area contributed by atoms with Crippen molar-refractivity contribution < 1.29 is 0 Å². The quantitative estimate of drug-likeness (QED) is 0.729. The molecule has 0 saturated heterocycles. The first-order chi connectivity index (χ1) is 9.92. The Morgan fingerprint density at radius 3 is 2.10 bits per heavy atom. The fraction of sp³-hybridized carbons (Fsp3) is 0.368. The van der Waals surface area contributed by atoms with Gasteiger partial charge in [0.15, 0.2) is 0 Å². The summed E-state index contributed by atoms with van der Waals surface area (Å²) in [6, 6.07) is 17.8. The molecule has 112 valence electrons. The third-order valence-corrected chi connectivity index (χ3v) is 4.52. The van der Waals surface area contributed by atoms with Crippen LogP contribution in [0.25, 0.3) is 0 Å². The van der Waals surface area contributed by atoms with Crippen molar-refractivity contribution in [3.63, 3.8) is 0 Å². The molecule has 1 N–H and O–H groups in total. The fourth-order valence-electron chi connectivity index (χ4n) is 2.61. The molecular weight excluding hydrogens is 322 g/mol. The summed E-state index contributed by atoms with van der Waals surface area (Å²) in [6.45, 7) is 8.85. The van der Waals surface area contributed by atoms with Crippen LogP contribution in [0.3, 0.4) is 0 Å². The van der Waals surface area contributed by atoms with E-state index in [1.807, 2.05) is 0 Å². The monoisotopic (exact) mass is 345 g/mol. The summed E-state index contributed by atoms with van der Waals surface area (Å²) in [5.41, 5.74) is 3.90. The molecule has 1 nitrogen and oxygen atoms in total. The molecule has 0 heterocycles. The van der Waals surface area contributed by atoms with Gasteiger partial charge in [0.1, 0.15) is 0 Å². The van der Waals surface area contributed by atoms with Crippen LogP contribution >= 0.6 is 15.9 Å². The van der Waals surface area contributed by atoms with E-state index in [0.717, 1.165) is 10.9 Å². The van der Waals surface area contributed by atoms with Gasteiger partial charge >= 0.3 is 0 Å². The lowest BCUT2D eigenvalue weighted by atomic mass is 9.91. The average molecular weight is 346 g/mol. The van der Waals surface area contributed by atoms with E-state index in [4.69, 9.17) is 0 Å². The molecule has 0 bridgehead atoms. The van der Waals surface area contributed by atoms with Gasteiger partial charge in [-0.05, 0) is 50.5 Å². The first-order valence-electron chi connectivity index (χ1n) is 7.52. The lowest BCUT2D eigenvalue weighted by molar-refractivity contribution is 0.338. The minimum atomic E-state index is -0.0632. The van der Waals surface area contributed by atoms with Gasteiger partial charge in [-0.2, -0.15) is 0 Å². The highest BCUT2D eigenvalue weighted by Gasteiger charge is 2.24. The molecule has 1 unspecified atom stereocenters. The number of benzene rings is 2. The van der Waals surface area contributed by atoms with Crippen LogP contribution in [-0.2, 0) is 5.54 Å².